The highest BCUT2D eigenvalue weighted by atomic mass is 79.9. The van der Waals surface area contributed by atoms with Gasteiger partial charge in [-0.25, -0.2) is 0 Å². The molecule has 3 nitrogen and oxygen atoms in total. The van der Waals surface area contributed by atoms with Crippen LogP contribution in [0.5, 0.6) is 0 Å². The summed E-state index contributed by atoms with van der Waals surface area (Å²) < 4.78 is 6.05. The van der Waals surface area contributed by atoms with Gasteiger partial charge in [0.05, 0.1) is 12.1 Å². The summed E-state index contributed by atoms with van der Waals surface area (Å²) >= 11 is 3.55. The predicted octanol–water partition coefficient (Wildman–Crippen LogP) is 3.25. The highest BCUT2D eigenvalue weighted by Crippen LogP contribution is 2.25. The molecule has 0 aliphatic heterocycles. The quantitative estimate of drug-likeness (QED) is 0.830. The number of nitrogens with zero attached hydrogens (tertiary/aromatic N) is 1. The highest BCUT2D eigenvalue weighted by molar-refractivity contribution is 9.10. The van der Waals surface area contributed by atoms with Crippen LogP contribution in [0.25, 0.3) is 17.0 Å². The monoisotopic (exact) mass is 320 g/mol. The zero-order chi connectivity index (χ0) is 13.5. The fourth-order valence-electron chi connectivity index (χ4n) is 1.84. The predicted molar refractivity (Wildman–Crippen MR) is 83.2 cm³/mol. The Morgan fingerprint density at radius 2 is 2.26 bits per heavy atom. The van der Waals surface area contributed by atoms with Crippen molar-refractivity contribution in [3.63, 3.8) is 0 Å². The number of nitrogens with one attached hydrogen (secondary N) is 1. The van der Waals surface area contributed by atoms with Gasteiger partial charge in [0.2, 0.25) is 0 Å². The molecular formula is C15H17BrN2O. The molecule has 0 saturated heterocycles. The van der Waals surface area contributed by atoms with Crippen molar-refractivity contribution in [3.8, 4) is 0 Å². The van der Waals surface area contributed by atoms with Gasteiger partial charge in [0.15, 0.2) is 0 Å². The fourth-order valence-corrected chi connectivity index (χ4v) is 2.29. The Morgan fingerprint density at radius 1 is 1.37 bits per heavy atom. The Labute approximate surface area is 121 Å². The second kappa shape index (κ2) is 7.38. The van der Waals surface area contributed by atoms with E-state index in [1.54, 1.807) is 7.11 Å². The molecule has 0 fully saturated rings. The fraction of sp³-hybridized carbons (Fsp3) is 0.267. The first-order chi connectivity index (χ1) is 9.33. The van der Waals surface area contributed by atoms with Gasteiger partial charge in [0, 0.05) is 41.8 Å². The number of pyridine rings is 1. The lowest BCUT2D eigenvalue weighted by Gasteiger charge is -2.04. The Bertz CT molecular complexity index is 569. The van der Waals surface area contributed by atoms with Crippen LogP contribution in [-0.4, -0.2) is 31.8 Å². The average molecular weight is 321 g/mol. The first kappa shape index (κ1) is 14.2. The molecule has 2 rings (SSSR count). The van der Waals surface area contributed by atoms with Gasteiger partial charge in [-0.2, -0.15) is 0 Å². The lowest BCUT2D eigenvalue weighted by atomic mass is 10.1. The van der Waals surface area contributed by atoms with Crippen LogP contribution in [0.1, 0.15) is 5.56 Å². The van der Waals surface area contributed by atoms with E-state index in [1.165, 1.54) is 0 Å². The van der Waals surface area contributed by atoms with Crippen LogP contribution in [0.2, 0.25) is 0 Å². The second-order valence-electron chi connectivity index (χ2n) is 4.14. The molecule has 0 radical (unpaired) electrons. The largest absolute Gasteiger partial charge is 0.383 e. The Balaban J connectivity index is 2.08. The van der Waals surface area contributed by atoms with Crippen molar-refractivity contribution in [1.82, 2.24) is 10.3 Å². The molecule has 2 aromatic rings. The maximum absolute atomic E-state index is 4.98. The number of fused-ring (bicyclic) bond motifs is 1. The number of benzene rings is 1. The smallest absolute Gasteiger partial charge is 0.0785 e. The summed E-state index contributed by atoms with van der Waals surface area (Å²) in [5.74, 6) is 0. The number of hydrogen-bond acceptors (Lipinski definition) is 3. The van der Waals surface area contributed by atoms with Crippen molar-refractivity contribution in [3.05, 3.63) is 46.6 Å². The maximum Gasteiger partial charge on any atom is 0.0785 e. The second-order valence-corrected chi connectivity index (χ2v) is 4.99. The summed E-state index contributed by atoms with van der Waals surface area (Å²) in [5, 5.41) is 4.41. The topological polar surface area (TPSA) is 34.1 Å². The molecule has 1 aromatic carbocycles. The summed E-state index contributed by atoms with van der Waals surface area (Å²) in [6.07, 6.45) is 6.03. The van der Waals surface area contributed by atoms with Crippen molar-refractivity contribution in [1.29, 1.82) is 0 Å². The van der Waals surface area contributed by atoms with E-state index in [2.05, 4.69) is 56.6 Å². The van der Waals surface area contributed by atoms with Gasteiger partial charge in [-0.05, 0) is 12.1 Å². The minimum Gasteiger partial charge on any atom is -0.383 e. The third-order valence-corrected chi connectivity index (χ3v) is 3.48. The standard InChI is InChI=1S/C15H17BrN2O/c1-19-11-10-17-8-2-4-12-6-7-14(16)13-5-3-9-18-15(12)13/h2-7,9,17H,8,10-11H2,1H3/b4-2+. The molecule has 0 aliphatic rings. The van der Waals surface area contributed by atoms with Crippen LogP contribution in [0.15, 0.2) is 41.0 Å². The molecule has 19 heavy (non-hydrogen) atoms. The van der Waals surface area contributed by atoms with E-state index in [-0.39, 0.29) is 0 Å². The summed E-state index contributed by atoms with van der Waals surface area (Å²) in [6.45, 7) is 2.42. The molecule has 0 aliphatic carbocycles. The van der Waals surface area contributed by atoms with E-state index < -0.39 is 0 Å². The van der Waals surface area contributed by atoms with Gasteiger partial charge >= 0.3 is 0 Å². The molecule has 100 valence electrons. The van der Waals surface area contributed by atoms with Crippen LogP contribution < -0.4 is 5.32 Å². The zero-order valence-corrected chi connectivity index (χ0v) is 12.5. The molecule has 1 heterocycles. The van der Waals surface area contributed by atoms with Crippen molar-refractivity contribution < 1.29 is 4.74 Å². The van der Waals surface area contributed by atoms with Crippen LogP contribution in [0.4, 0.5) is 0 Å². The van der Waals surface area contributed by atoms with Gasteiger partial charge in [-0.3, -0.25) is 4.98 Å². The molecule has 1 N–H and O–H groups in total. The van der Waals surface area contributed by atoms with E-state index in [0.717, 1.165) is 40.6 Å². The molecule has 0 saturated carbocycles. The summed E-state index contributed by atoms with van der Waals surface area (Å²) in [4.78, 5) is 4.45. The van der Waals surface area contributed by atoms with E-state index >= 15 is 0 Å². The number of aromatic nitrogens is 1. The molecule has 0 bridgehead atoms. The summed E-state index contributed by atoms with van der Waals surface area (Å²) in [5.41, 5.74) is 2.15. The number of halogens is 1. The van der Waals surface area contributed by atoms with E-state index in [4.69, 9.17) is 4.74 Å². The lowest BCUT2D eigenvalue weighted by Crippen LogP contribution is -2.18. The number of ether oxygens (including phenoxy) is 1. The molecular weight excluding hydrogens is 304 g/mol. The number of hydrogen-bond donors (Lipinski definition) is 1. The Kier molecular flexibility index (Phi) is 5.51. The molecule has 0 unspecified atom stereocenters. The van der Waals surface area contributed by atoms with Crippen LogP contribution >= 0.6 is 15.9 Å². The highest BCUT2D eigenvalue weighted by Gasteiger charge is 2.02. The van der Waals surface area contributed by atoms with Gasteiger partial charge in [0.1, 0.15) is 0 Å². The van der Waals surface area contributed by atoms with Crippen molar-refractivity contribution in [2.24, 2.45) is 0 Å². The molecule has 1 aromatic heterocycles. The van der Waals surface area contributed by atoms with Gasteiger partial charge in [-0.1, -0.05) is 40.2 Å². The minimum atomic E-state index is 0.733. The molecule has 0 atom stereocenters. The van der Waals surface area contributed by atoms with Crippen molar-refractivity contribution in [2.75, 3.05) is 26.8 Å². The average Bonchev–Trinajstić information content (AvgIpc) is 2.45. The minimum absolute atomic E-state index is 0.733. The molecule has 0 amide bonds. The van der Waals surface area contributed by atoms with Crippen LogP contribution in [0.3, 0.4) is 0 Å². The lowest BCUT2D eigenvalue weighted by molar-refractivity contribution is 0.200. The van der Waals surface area contributed by atoms with Gasteiger partial charge in [0.25, 0.3) is 0 Å². The van der Waals surface area contributed by atoms with E-state index in [1.807, 2.05) is 12.3 Å². The van der Waals surface area contributed by atoms with Gasteiger partial charge in [-0.15, -0.1) is 0 Å². The van der Waals surface area contributed by atoms with E-state index in [9.17, 15) is 0 Å². The number of methoxy groups -OCH3 is 1. The molecule has 4 heteroatoms. The third kappa shape index (κ3) is 3.86. The van der Waals surface area contributed by atoms with Crippen LogP contribution in [0, 0.1) is 0 Å². The normalized spacial score (nSPS) is 11.5. The zero-order valence-electron chi connectivity index (χ0n) is 10.9. The maximum atomic E-state index is 4.98. The first-order valence-corrected chi connectivity index (χ1v) is 7.01. The summed E-state index contributed by atoms with van der Waals surface area (Å²) in [7, 11) is 1.71. The van der Waals surface area contributed by atoms with Crippen molar-refractivity contribution >= 4 is 32.9 Å². The number of rotatable bonds is 6. The van der Waals surface area contributed by atoms with E-state index in [0.29, 0.717) is 0 Å². The van der Waals surface area contributed by atoms with Gasteiger partial charge < -0.3 is 10.1 Å². The molecule has 0 spiro atoms. The Hall–Kier alpha value is -1.23. The first-order valence-electron chi connectivity index (χ1n) is 6.22. The Morgan fingerprint density at radius 3 is 3.11 bits per heavy atom. The SMILES string of the molecule is COCCNC/C=C/c1ccc(Br)c2cccnc12. The van der Waals surface area contributed by atoms with Crippen molar-refractivity contribution in [2.45, 2.75) is 0 Å². The van der Waals surface area contributed by atoms with Crippen LogP contribution in [-0.2, 0) is 4.74 Å². The third-order valence-electron chi connectivity index (χ3n) is 2.79. The summed E-state index contributed by atoms with van der Waals surface area (Å²) in [6, 6.07) is 8.15.